The van der Waals surface area contributed by atoms with Crippen LogP contribution >= 0.6 is 0 Å². The molecule has 0 radical (unpaired) electrons. The van der Waals surface area contributed by atoms with Crippen molar-refractivity contribution in [1.29, 1.82) is 0 Å². The fourth-order valence-electron chi connectivity index (χ4n) is 13.3. The topological polar surface area (TPSA) is 204 Å². The van der Waals surface area contributed by atoms with Crippen LogP contribution < -0.4 is 16.0 Å². The number of piperidine rings is 1. The molecule has 2 bridgehead atoms. The molecule has 1 spiro atoms. The fraction of sp³-hybridized carbons (Fsp3) is 0.418. The van der Waals surface area contributed by atoms with E-state index in [0.717, 1.165) is 48.8 Å². The van der Waals surface area contributed by atoms with E-state index in [1.165, 1.54) is 6.07 Å². The molecule has 2 saturated heterocycles. The van der Waals surface area contributed by atoms with Gasteiger partial charge in [0.15, 0.2) is 0 Å². The Bertz CT molecular complexity index is 3710. The number of alkyl halides is 2. The zero-order valence-corrected chi connectivity index (χ0v) is 49.0. The van der Waals surface area contributed by atoms with E-state index in [2.05, 4.69) is 25.9 Å². The van der Waals surface area contributed by atoms with Gasteiger partial charge in [0, 0.05) is 29.3 Å². The first-order valence-corrected chi connectivity index (χ1v) is 29.9. The number of ether oxygens (including phenoxy) is 2. The van der Waals surface area contributed by atoms with Crippen molar-refractivity contribution in [2.24, 2.45) is 29.1 Å². The molecular formula is C67H73F2N9O7. The van der Waals surface area contributed by atoms with Crippen LogP contribution in [0.15, 0.2) is 115 Å². The van der Waals surface area contributed by atoms with Crippen LogP contribution in [0.5, 0.6) is 0 Å². The number of nitrogens with one attached hydrogen (secondary N) is 5. The van der Waals surface area contributed by atoms with Crippen LogP contribution in [0.1, 0.15) is 132 Å². The van der Waals surface area contributed by atoms with Crippen LogP contribution in [-0.4, -0.2) is 90.4 Å². The summed E-state index contributed by atoms with van der Waals surface area (Å²) in [5, 5.41) is 8.56. The molecule has 7 atom stereocenters. The number of hydrogen-bond donors (Lipinski definition) is 5. The Morgan fingerprint density at radius 1 is 0.671 bits per heavy atom. The second-order valence-corrected chi connectivity index (χ2v) is 25.3. The summed E-state index contributed by atoms with van der Waals surface area (Å²) in [5.74, 6) is -3.73. The van der Waals surface area contributed by atoms with Gasteiger partial charge in [0.1, 0.15) is 43.0 Å². The molecule has 5 amide bonds. The number of H-pyrrole nitrogens is 2. The standard InChI is InChI=1S/C67H73F2N9O7/c1-36(2)55(75-64(82)85-34-41-15-13-39(7)14-16-41)61(79)74-57(38(5)6)63(81)78-46-21-17-45(27-46)58(78)60-71-51-24-20-43(30-52(51)72-60)42-18-22-47-48-23-19-44(29-50(48)67(68,69)49(47)28-42)53-32-70-59(73-53)54-31-66(25-26-66)35-77(54)62(80)56(37(3)4)76-65(83)84-33-40-11-9-8-10-12-40/h8-16,18-20,22-24,28-30,32,36-38,45-46,54-58H,17,21,25-27,31,33-35H2,1-7H3,(H,70,73)(H,71,72)(H,74,79)(H,75,82)(H,76,83)/t45?,46?,54?,55?,56?,57?,58-/m1/s1. The van der Waals surface area contributed by atoms with Gasteiger partial charge in [-0.15, -0.1) is 0 Å². The lowest BCUT2D eigenvalue weighted by molar-refractivity contribution is -0.142. The third-order valence-electron chi connectivity index (χ3n) is 18.3. The van der Waals surface area contributed by atoms with Gasteiger partial charge in [0.05, 0.1) is 35.0 Å². The molecule has 4 fully saturated rings. The Morgan fingerprint density at radius 3 is 1.93 bits per heavy atom. The van der Waals surface area contributed by atoms with Crippen molar-refractivity contribution in [3.63, 3.8) is 0 Å². The van der Waals surface area contributed by atoms with E-state index in [1.807, 2.05) is 143 Å². The number of aromatic nitrogens is 4. The van der Waals surface area contributed by atoms with Crippen molar-refractivity contribution in [3.05, 3.63) is 155 Å². The molecule has 7 aromatic rings. The molecule has 3 aliphatic carbocycles. The predicted octanol–water partition coefficient (Wildman–Crippen LogP) is 12.2. The summed E-state index contributed by atoms with van der Waals surface area (Å²) in [5.41, 5.74) is 7.14. The smallest absolute Gasteiger partial charge is 0.408 e. The number of likely N-dealkylation sites (tertiary alicyclic amines) is 2. The van der Waals surface area contributed by atoms with E-state index in [0.29, 0.717) is 69.2 Å². The Balaban J connectivity index is 0.731. The maximum atomic E-state index is 17.0. The van der Waals surface area contributed by atoms with Crippen molar-refractivity contribution in [2.45, 2.75) is 142 Å². The molecule has 85 heavy (non-hydrogen) atoms. The van der Waals surface area contributed by atoms with Crippen LogP contribution in [0, 0.1) is 36.0 Å². The van der Waals surface area contributed by atoms with Crippen LogP contribution in [0.25, 0.3) is 44.5 Å². The number of carbonyl (C=O) groups is 5. The minimum Gasteiger partial charge on any atom is -0.445 e. The largest absolute Gasteiger partial charge is 0.445 e. The number of aryl methyl sites for hydroxylation is 1. The van der Waals surface area contributed by atoms with Crippen molar-refractivity contribution < 1.29 is 42.2 Å². The van der Waals surface area contributed by atoms with E-state index in [4.69, 9.17) is 19.4 Å². The molecule has 2 saturated carbocycles. The van der Waals surface area contributed by atoms with Crippen LogP contribution in [-0.2, 0) is 43.0 Å². The highest BCUT2D eigenvalue weighted by Gasteiger charge is 2.56. The van der Waals surface area contributed by atoms with Gasteiger partial charge in [-0.1, -0.05) is 132 Å². The number of fused-ring (bicyclic) bond motifs is 6. The molecule has 5 N–H and O–H groups in total. The van der Waals surface area contributed by atoms with E-state index in [-0.39, 0.29) is 77.3 Å². The number of nitrogens with zero attached hydrogens (tertiary/aromatic N) is 4. The monoisotopic (exact) mass is 1150 g/mol. The van der Waals surface area contributed by atoms with Gasteiger partial charge in [0.2, 0.25) is 17.7 Å². The summed E-state index contributed by atoms with van der Waals surface area (Å²) in [6, 6.07) is 29.4. The second-order valence-electron chi connectivity index (χ2n) is 25.3. The molecular weight excluding hydrogens is 1080 g/mol. The highest BCUT2D eigenvalue weighted by molar-refractivity contribution is 5.93. The summed E-state index contributed by atoms with van der Waals surface area (Å²) < 4.78 is 44.9. The van der Waals surface area contributed by atoms with Gasteiger partial charge in [-0.2, -0.15) is 8.78 Å². The first kappa shape index (κ1) is 57.0. The molecule has 2 aromatic heterocycles. The molecule has 12 rings (SSSR count). The molecule has 4 heterocycles. The maximum Gasteiger partial charge on any atom is 0.408 e. The first-order valence-electron chi connectivity index (χ1n) is 29.9. The van der Waals surface area contributed by atoms with Gasteiger partial charge in [-0.3, -0.25) is 14.4 Å². The van der Waals surface area contributed by atoms with Crippen LogP contribution in [0.2, 0.25) is 0 Å². The van der Waals surface area contributed by atoms with Gasteiger partial charge >= 0.3 is 12.2 Å². The average Bonchev–Trinajstić information content (AvgIpc) is 2.20. The van der Waals surface area contributed by atoms with Crippen molar-refractivity contribution in [2.75, 3.05) is 6.54 Å². The van der Waals surface area contributed by atoms with Gasteiger partial charge in [0.25, 0.3) is 5.92 Å². The maximum absolute atomic E-state index is 17.0. The Kier molecular flexibility index (Phi) is 15.1. The number of amides is 5. The highest BCUT2D eigenvalue weighted by atomic mass is 19.3. The summed E-state index contributed by atoms with van der Waals surface area (Å²) in [6.45, 7) is 13.8. The normalized spacial score (nSPS) is 20.6. The summed E-state index contributed by atoms with van der Waals surface area (Å²) in [7, 11) is 0. The van der Waals surface area contributed by atoms with Gasteiger partial charge in [-0.05, 0) is 132 Å². The lowest BCUT2D eigenvalue weighted by Crippen LogP contribution is -2.58. The molecule has 18 heteroatoms. The van der Waals surface area contributed by atoms with E-state index in [1.54, 1.807) is 24.4 Å². The zero-order valence-electron chi connectivity index (χ0n) is 49.0. The number of benzene rings is 5. The third kappa shape index (κ3) is 11.2. The molecule has 2 aliphatic heterocycles. The molecule has 5 aromatic carbocycles. The van der Waals surface area contributed by atoms with Crippen molar-refractivity contribution in [1.82, 2.24) is 45.7 Å². The minimum absolute atomic E-state index is 0.0301. The Hall–Kier alpha value is -8.41. The van der Waals surface area contributed by atoms with E-state index < -0.39 is 48.2 Å². The number of aromatic amines is 2. The molecule has 5 aliphatic rings. The lowest BCUT2D eigenvalue weighted by atomic mass is 9.95. The number of halogens is 2. The number of rotatable bonds is 17. The highest BCUT2D eigenvalue weighted by Crippen LogP contribution is 2.59. The van der Waals surface area contributed by atoms with E-state index >= 15 is 8.78 Å². The van der Waals surface area contributed by atoms with Crippen molar-refractivity contribution >= 4 is 40.9 Å². The molecule has 442 valence electrons. The van der Waals surface area contributed by atoms with E-state index in [9.17, 15) is 24.0 Å². The Morgan fingerprint density at radius 2 is 1.27 bits per heavy atom. The van der Waals surface area contributed by atoms with Crippen LogP contribution in [0.3, 0.4) is 0 Å². The summed E-state index contributed by atoms with van der Waals surface area (Å²) in [4.78, 5) is 89.7. The van der Waals surface area contributed by atoms with Gasteiger partial charge < -0.3 is 45.2 Å². The predicted molar refractivity (Wildman–Crippen MR) is 317 cm³/mol. The average molecular weight is 1150 g/mol. The quantitative estimate of drug-likeness (QED) is 0.0588. The second kappa shape index (κ2) is 22.5. The first-order chi connectivity index (χ1) is 40.7. The Labute approximate surface area is 493 Å². The number of imidazole rings is 2. The van der Waals surface area contributed by atoms with Gasteiger partial charge in [-0.25, -0.2) is 19.6 Å². The molecule has 16 nitrogen and oxygen atoms in total. The summed E-state index contributed by atoms with van der Waals surface area (Å²) in [6.07, 6.45) is 5.43. The fourth-order valence-corrected chi connectivity index (χ4v) is 13.3. The summed E-state index contributed by atoms with van der Waals surface area (Å²) >= 11 is 0. The SMILES string of the molecule is Cc1ccc(COC(=O)NC(C(=O)NC(C(=O)N2C3CCC(C3)[C@@H]2c2nc3ccc(-c4ccc5c(c4)C(F)(F)c4cc(-c6cnc(C7CC8(CC8)CN7C(=O)C(NC(=O)OCc7ccccc7)C(C)C)[nH]6)ccc4-5)cc3[nH]2)C(C)C)C(C)C)cc1. The third-order valence-corrected chi connectivity index (χ3v) is 18.3. The zero-order chi connectivity index (χ0) is 59.6. The number of hydrogen-bond acceptors (Lipinski definition) is 9. The number of carbonyl (C=O) groups excluding carboxylic acids is 5. The lowest BCUT2D eigenvalue weighted by Gasteiger charge is -2.38. The van der Waals surface area contributed by atoms with Crippen molar-refractivity contribution in [3.8, 4) is 33.5 Å². The number of alkyl carbamates (subject to hydrolysis) is 2. The minimum atomic E-state index is -3.33. The van der Waals surface area contributed by atoms with Crippen LogP contribution in [0.4, 0.5) is 18.4 Å². The molecule has 6 unspecified atom stereocenters.